The average molecular weight is 308 g/mol. The van der Waals surface area contributed by atoms with Crippen molar-refractivity contribution in [2.24, 2.45) is 0 Å². The zero-order valence-corrected chi connectivity index (χ0v) is 11.8. The molecule has 1 fully saturated rings. The molecule has 94 valence electrons. The summed E-state index contributed by atoms with van der Waals surface area (Å²) in [5.74, 6) is -0.275. The van der Waals surface area contributed by atoms with E-state index in [1.165, 1.54) is 0 Å². The van der Waals surface area contributed by atoms with Crippen molar-refractivity contribution < 1.29 is 9.59 Å². The van der Waals surface area contributed by atoms with E-state index >= 15 is 0 Å². The SMILES string of the molecule is O=C1NC(=O)C2(S1)c1cc(Cl)ccc1-c1sccc12. The number of carbonyl (C=O) groups is 2. The number of amides is 2. The Bertz CT molecular complexity index is 755. The summed E-state index contributed by atoms with van der Waals surface area (Å²) in [6.45, 7) is 0. The largest absolute Gasteiger partial charge is 0.287 e. The summed E-state index contributed by atoms with van der Waals surface area (Å²) in [5, 5.41) is 4.59. The van der Waals surface area contributed by atoms with Crippen molar-refractivity contribution in [3.05, 3.63) is 45.8 Å². The first-order valence-corrected chi connectivity index (χ1v) is 7.63. The number of imide groups is 1. The van der Waals surface area contributed by atoms with E-state index in [1.54, 1.807) is 17.4 Å². The summed E-state index contributed by atoms with van der Waals surface area (Å²) in [6.07, 6.45) is 0. The highest BCUT2D eigenvalue weighted by atomic mass is 35.5. The van der Waals surface area contributed by atoms with Gasteiger partial charge in [0.25, 0.3) is 11.1 Å². The van der Waals surface area contributed by atoms with E-state index in [2.05, 4.69) is 5.32 Å². The maximum absolute atomic E-state index is 12.4. The summed E-state index contributed by atoms with van der Waals surface area (Å²) >= 11 is 8.66. The van der Waals surface area contributed by atoms with E-state index in [0.717, 1.165) is 33.3 Å². The van der Waals surface area contributed by atoms with Gasteiger partial charge in [-0.3, -0.25) is 14.9 Å². The molecule has 2 amide bonds. The second-order valence-corrected chi connectivity index (χ2v) is 6.92. The molecule has 2 aliphatic rings. The summed E-state index contributed by atoms with van der Waals surface area (Å²) in [4.78, 5) is 25.0. The van der Waals surface area contributed by atoms with Crippen LogP contribution in [0, 0.1) is 0 Å². The van der Waals surface area contributed by atoms with Crippen molar-refractivity contribution in [2.45, 2.75) is 4.75 Å². The second kappa shape index (κ2) is 3.62. The van der Waals surface area contributed by atoms with Gasteiger partial charge in [0.1, 0.15) is 0 Å². The molecule has 4 rings (SSSR count). The number of thiophene rings is 1. The van der Waals surface area contributed by atoms with Crippen LogP contribution in [0.15, 0.2) is 29.6 Å². The Morgan fingerprint density at radius 3 is 2.74 bits per heavy atom. The lowest BCUT2D eigenvalue weighted by Gasteiger charge is -2.20. The summed E-state index contributed by atoms with van der Waals surface area (Å²) in [6, 6.07) is 7.43. The van der Waals surface area contributed by atoms with Gasteiger partial charge < -0.3 is 0 Å². The quantitative estimate of drug-likeness (QED) is 0.809. The third kappa shape index (κ3) is 1.30. The van der Waals surface area contributed by atoms with Gasteiger partial charge in [-0.25, -0.2) is 0 Å². The molecule has 1 atom stereocenters. The Labute approximate surface area is 122 Å². The summed E-state index contributed by atoms with van der Waals surface area (Å²) in [5.41, 5.74) is 2.70. The molecule has 6 heteroatoms. The smallest absolute Gasteiger partial charge is 0.285 e. The fourth-order valence-corrected chi connectivity index (χ4v) is 5.05. The second-order valence-electron chi connectivity index (χ2n) is 4.38. The number of nitrogens with one attached hydrogen (secondary N) is 1. The van der Waals surface area contributed by atoms with Crippen LogP contribution in [-0.4, -0.2) is 11.1 Å². The predicted octanol–water partition coefficient (Wildman–Crippen LogP) is 3.61. The van der Waals surface area contributed by atoms with Crippen LogP contribution in [0.3, 0.4) is 0 Å². The minimum Gasteiger partial charge on any atom is -0.285 e. The minimum absolute atomic E-state index is 0.275. The zero-order chi connectivity index (χ0) is 13.2. The lowest BCUT2D eigenvalue weighted by atomic mass is 9.95. The molecule has 2 heterocycles. The van der Waals surface area contributed by atoms with Gasteiger partial charge in [0.2, 0.25) is 0 Å². The average Bonchev–Trinajstić information content (AvgIpc) is 2.99. The number of thioether (sulfide) groups is 1. The molecule has 0 bridgehead atoms. The molecule has 1 aliphatic heterocycles. The Morgan fingerprint density at radius 2 is 2.00 bits per heavy atom. The zero-order valence-electron chi connectivity index (χ0n) is 9.40. The molecule has 1 aromatic heterocycles. The number of hydrogen-bond donors (Lipinski definition) is 1. The van der Waals surface area contributed by atoms with Gasteiger partial charge in [-0.05, 0) is 46.5 Å². The fraction of sp³-hybridized carbons (Fsp3) is 0.0769. The molecule has 0 saturated carbocycles. The fourth-order valence-electron chi connectivity index (χ4n) is 2.69. The topological polar surface area (TPSA) is 46.2 Å². The number of fused-ring (bicyclic) bond motifs is 5. The number of hydrogen-bond acceptors (Lipinski definition) is 4. The van der Waals surface area contributed by atoms with E-state index in [4.69, 9.17) is 11.6 Å². The maximum Gasteiger partial charge on any atom is 0.287 e. The van der Waals surface area contributed by atoms with Crippen molar-refractivity contribution in [3.8, 4) is 10.4 Å². The standard InChI is InChI=1S/C13H6ClNO2S2/c14-6-1-2-7-9(5-6)13(8-3-4-18-10(7)8)11(16)15-12(17)19-13/h1-5H,(H,15,16,17). The van der Waals surface area contributed by atoms with Crippen LogP contribution in [0.2, 0.25) is 5.02 Å². The van der Waals surface area contributed by atoms with Crippen LogP contribution in [-0.2, 0) is 9.54 Å². The molecule has 2 aromatic rings. The summed E-state index contributed by atoms with van der Waals surface area (Å²) in [7, 11) is 0. The van der Waals surface area contributed by atoms with E-state index in [9.17, 15) is 9.59 Å². The van der Waals surface area contributed by atoms with Crippen molar-refractivity contribution in [2.75, 3.05) is 0 Å². The Morgan fingerprint density at radius 1 is 1.16 bits per heavy atom. The molecule has 1 aromatic carbocycles. The maximum atomic E-state index is 12.4. The van der Waals surface area contributed by atoms with Crippen LogP contribution >= 0.6 is 34.7 Å². The number of carbonyl (C=O) groups excluding carboxylic acids is 2. The number of benzene rings is 1. The van der Waals surface area contributed by atoms with Crippen LogP contribution < -0.4 is 5.32 Å². The van der Waals surface area contributed by atoms with E-state index in [1.807, 2.05) is 23.6 Å². The van der Waals surface area contributed by atoms with Gasteiger partial charge in [-0.2, -0.15) is 0 Å². The third-order valence-electron chi connectivity index (χ3n) is 3.43. The number of rotatable bonds is 0. The van der Waals surface area contributed by atoms with Crippen molar-refractivity contribution in [1.82, 2.24) is 5.32 Å². The normalized spacial score (nSPS) is 23.6. The molecule has 1 aliphatic carbocycles. The van der Waals surface area contributed by atoms with Gasteiger partial charge in [0, 0.05) is 15.5 Å². The third-order valence-corrected chi connectivity index (χ3v) is 5.83. The highest BCUT2D eigenvalue weighted by Gasteiger charge is 2.56. The lowest BCUT2D eigenvalue weighted by molar-refractivity contribution is -0.120. The van der Waals surface area contributed by atoms with Gasteiger partial charge in [0.05, 0.1) is 0 Å². The van der Waals surface area contributed by atoms with Crippen LogP contribution in [0.1, 0.15) is 11.1 Å². The minimum atomic E-state index is -0.952. The van der Waals surface area contributed by atoms with E-state index in [-0.39, 0.29) is 11.1 Å². The highest BCUT2D eigenvalue weighted by molar-refractivity contribution is 8.15. The first kappa shape index (κ1) is 11.5. The van der Waals surface area contributed by atoms with Crippen LogP contribution in [0.25, 0.3) is 10.4 Å². The Kier molecular flexibility index (Phi) is 2.20. The van der Waals surface area contributed by atoms with Crippen molar-refractivity contribution in [1.29, 1.82) is 0 Å². The Balaban J connectivity index is 2.11. The van der Waals surface area contributed by atoms with Crippen molar-refractivity contribution >= 4 is 45.8 Å². The molecule has 0 radical (unpaired) electrons. The van der Waals surface area contributed by atoms with Crippen molar-refractivity contribution in [3.63, 3.8) is 0 Å². The van der Waals surface area contributed by atoms with E-state index < -0.39 is 4.75 Å². The lowest BCUT2D eigenvalue weighted by Crippen LogP contribution is -2.33. The first-order chi connectivity index (χ1) is 9.13. The summed E-state index contributed by atoms with van der Waals surface area (Å²) < 4.78 is -0.952. The number of halogens is 1. The van der Waals surface area contributed by atoms with Gasteiger partial charge >= 0.3 is 0 Å². The molecule has 3 nitrogen and oxygen atoms in total. The first-order valence-electron chi connectivity index (χ1n) is 5.56. The molecule has 1 N–H and O–H groups in total. The molecule has 1 unspecified atom stereocenters. The molecule has 1 saturated heterocycles. The van der Waals surface area contributed by atoms with E-state index in [0.29, 0.717) is 5.02 Å². The van der Waals surface area contributed by atoms with Crippen LogP contribution in [0.4, 0.5) is 4.79 Å². The molecular weight excluding hydrogens is 302 g/mol. The van der Waals surface area contributed by atoms with Gasteiger partial charge in [0.15, 0.2) is 4.75 Å². The van der Waals surface area contributed by atoms with Crippen LogP contribution in [0.5, 0.6) is 0 Å². The van der Waals surface area contributed by atoms with Gasteiger partial charge in [-0.15, -0.1) is 11.3 Å². The van der Waals surface area contributed by atoms with Gasteiger partial charge in [-0.1, -0.05) is 17.7 Å². The molecular formula is C13H6ClNO2S2. The monoisotopic (exact) mass is 307 g/mol. The predicted molar refractivity (Wildman–Crippen MR) is 76.7 cm³/mol. The molecule has 19 heavy (non-hydrogen) atoms. The Hall–Kier alpha value is -1.30. The highest BCUT2D eigenvalue weighted by Crippen LogP contribution is 2.59. The molecule has 1 spiro atoms.